The van der Waals surface area contributed by atoms with Crippen molar-refractivity contribution in [2.75, 3.05) is 46.5 Å². The zero-order valence-corrected chi connectivity index (χ0v) is 17.7. The molecule has 1 fully saturated rings. The quantitative estimate of drug-likeness (QED) is 0.599. The van der Waals surface area contributed by atoms with Crippen LogP contribution in [-0.2, 0) is 20.1 Å². The molecule has 0 N–H and O–H groups in total. The van der Waals surface area contributed by atoms with E-state index >= 15 is 0 Å². The summed E-state index contributed by atoms with van der Waals surface area (Å²) < 4.78 is 16.0. The van der Waals surface area contributed by atoms with Crippen molar-refractivity contribution in [2.24, 2.45) is 0 Å². The first-order chi connectivity index (χ1) is 14.7. The molecule has 0 atom stereocenters. The molecular weight excluding hydrogens is 404 g/mol. The van der Waals surface area contributed by atoms with Crippen molar-refractivity contribution in [3.05, 3.63) is 58.9 Å². The van der Waals surface area contributed by atoms with E-state index in [1.165, 1.54) is 16.7 Å². The summed E-state index contributed by atoms with van der Waals surface area (Å²) in [5, 5.41) is 0. The number of hydrogen-bond acceptors (Lipinski definition) is 7. The summed E-state index contributed by atoms with van der Waals surface area (Å²) in [5.74, 6) is 1.45. The molecule has 8 heteroatoms. The second kappa shape index (κ2) is 9.51. The van der Waals surface area contributed by atoms with E-state index in [-0.39, 0.29) is 11.8 Å². The maximum atomic E-state index is 13.3. The Morgan fingerprint density at radius 2 is 1.80 bits per heavy atom. The molecule has 158 valence electrons. The third-order valence-electron chi connectivity index (χ3n) is 5.19. The first-order valence-electron chi connectivity index (χ1n) is 9.87. The smallest absolute Gasteiger partial charge is 0.268 e. The molecule has 4 rings (SSSR count). The Morgan fingerprint density at radius 1 is 1.03 bits per heavy atom. The van der Waals surface area contributed by atoms with E-state index in [9.17, 15) is 9.59 Å². The fourth-order valence-electron chi connectivity index (χ4n) is 3.51. The average molecular weight is 429 g/mol. The number of amides is 2. The van der Waals surface area contributed by atoms with Gasteiger partial charge in [0.1, 0.15) is 11.5 Å². The molecule has 1 aromatic carbocycles. The van der Waals surface area contributed by atoms with Gasteiger partial charge in [0.25, 0.3) is 11.8 Å². The minimum Gasteiger partial charge on any atom is -0.497 e. The van der Waals surface area contributed by atoms with Gasteiger partial charge >= 0.3 is 0 Å². The predicted molar refractivity (Wildman–Crippen MR) is 114 cm³/mol. The molecule has 0 spiro atoms. The zero-order valence-electron chi connectivity index (χ0n) is 16.8. The Labute approximate surface area is 179 Å². The number of morpholine rings is 1. The van der Waals surface area contributed by atoms with Crippen LogP contribution in [0.2, 0.25) is 0 Å². The Morgan fingerprint density at radius 3 is 2.47 bits per heavy atom. The number of thioether (sulfide) groups is 1. The van der Waals surface area contributed by atoms with E-state index in [0.29, 0.717) is 53.8 Å². The molecule has 0 unspecified atom stereocenters. The fraction of sp³-hybridized carbons (Fsp3) is 0.364. The lowest BCUT2D eigenvalue weighted by atomic mass is 10.1. The molecule has 0 aliphatic carbocycles. The maximum Gasteiger partial charge on any atom is 0.268 e. The molecule has 30 heavy (non-hydrogen) atoms. The van der Waals surface area contributed by atoms with Gasteiger partial charge in [-0.2, -0.15) is 0 Å². The largest absolute Gasteiger partial charge is 0.497 e. The van der Waals surface area contributed by atoms with Crippen molar-refractivity contribution in [3.8, 4) is 5.75 Å². The number of carbonyl (C=O) groups excluding carboxylic acids is 2. The molecule has 2 aliphatic rings. The van der Waals surface area contributed by atoms with Gasteiger partial charge in [-0.1, -0.05) is 12.1 Å². The monoisotopic (exact) mass is 428 g/mol. The number of imide groups is 1. The summed E-state index contributed by atoms with van der Waals surface area (Å²) in [7, 11) is 1.59. The van der Waals surface area contributed by atoms with E-state index < -0.39 is 0 Å². The third-order valence-corrected chi connectivity index (χ3v) is 6.28. The first-order valence-corrected chi connectivity index (χ1v) is 10.9. The highest BCUT2D eigenvalue weighted by atomic mass is 32.2. The van der Waals surface area contributed by atoms with E-state index in [2.05, 4.69) is 4.90 Å². The summed E-state index contributed by atoms with van der Waals surface area (Å²) in [5.41, 5.74) is 1.16. The number of nitrogens with zero attached hydrogens (tertiary/aromatic N) is 2. The highest BCUT2D eigenvalue weighted by molar-refractivity contribution is 8.03. The standard InChI is InChI=1S/C22H24N2O5S/c1-27-17-6-4-16(5-7-17)19-20(30-15-18-3-2-12-29-18)22(26)24(21(19)25)9-8-23-10-13-28-14-11-23/h2-7,12H,8-11,13-15H2,1H3. The van der Waals surface area contributed by atoms with Gasteiger partial charge in [-0.05, 0) is 29.8 Å². The number of carbonyl (C=O) groups is 2. The Bertz CT molecular complexity index is 918. The molecule has 0 saturated carbocycles. The van der Waals surface area contributed by atoms with Crippen LogP contribution in [0.15, 0.2) is 52.0 Å². The van der Waals surface area contributed by atoms with E-state index in [1.807, 2.05) is 24.3 Å². The van der Waals surface area contributed by atoms with Crippen molar-refractivity contribution in [1.82, 2.24) is 9.80 Å². The van der Waals surface area contributed by atoms with Gasteiger partial charge in [0.15, 0.2) is 0 Å². The van der Waals surface area contributed by atoms with Gasteiger partial charge in [0.2, 0.25) is 0 Å². The molecule has 2 amide bonds. The van der Waals surface area contributed by atoms with Crippen molar-refractivity contribution in [3.63, 3.8) is 0 Å². The molecule has 3 heterocycles. The topological polar surface area (TPSA) is 72.2 Å². The number of rotatable bonds is 8. The molecular formula is C22H24N2O5S. The minimum absolute atomic E-state index is 0.240. The third kappa shape index (κ3) is 4.45. The van der Waals surface area contributed by atoms with Crippen LogP contribution in [0.5, 0.6) is 5.75 Å². The van der Waals surface area contributed by atoms with E-state index in [4.69, 9.17) is 13.9 Å². The maximum absolute atomic E-state index is 13.3. The number of methoxy groups -OCH3 is 1. The summed E-state index contributed by atoms with van der Waals surface area (Å²) in [6.45, 7) is 4.00. The Kier molecular flexibility index (Phi) is 6.56. The van der Waals surface area contributed by atoms with Crippen LogP contribution < -0.4 is 4.74 Å². The summed E-state index contributed by atoms with van der Waals surface area (Å²) >= 11 is 1.34. The first kappa shape index (κ1) is 20.7. The summed E-state index contributed by atoms with van der Waals surface area (Å²) in [6, 6.07) is 10.9. The van der Waals surface area contributed by atoms with Gasteiger partial charge in [0, 0.05) is 26.2 Å². The van der Waals surface area contributed by atoms with E-state index in [0.717, 1.165) is 18.8 Å². The van der Waals surface area contributed by atoms with Crippen LogP contribution >= 0.6 is 11.8 Å². The fourth-order valence-corrected chi connectivity index (χ4v) is 4.54. The van der Waals surface area contributed by atoms with Crippen molar-refractivity contribution >= 4 is 29.1 Å². The molecule has 1 saturated heterocycles. The van der Waals surface area contributed by atoms with Gasteiger partial charge < -0.3 is 13.9 Å². The molecule has 0 radical (unpaired) electrons. The van der Waals surface area contributed by atoms with Crippen molar-refractivity contribution in [1.29, 1.82) is 0 Å². The van der Waals surface area contributed by atoms with Gasteiger partial charge in [-0.3, -0.25) is 19.4 Å². The highest BCUT2D eigenvalue weighted by Gasteiger charge is 2.39. The molecule has 0 bridgehead atoms. The van der Waals surface area contributed by atoms with Crippen LogP contribution in [-0.4, -0.2) is 68.1 Å². The summed E-state index contributed by atoms with van der Waals surface area (Å²) in [4.78, 5) is 30.5. The average Bonchev–Trinajstić information content (AvgIpc) is 3.38. The lowest BCUT2D eigenvalue weighted by molar-refractivity contribution is -0.136. The minimum atomic E-state index is -0.250. The van der Waals surface area contributed by atoms with Crippen molar-refractivity contribution in [2.45, 2.75) is 5.75 Å². The van der Waals surface area contributed by atoms with E-state index in [1.54, 1.807) is 25.5 Å². The second-order valence-electron chi connectivity index (χ2n) is 7.02. The van der Waals surface area contributed by atoms with Crippen LogP contribution in [0.3, 0.4) is 0 Å². The molecule has 2 aromatic rings. The lowest BCUT2D eigenvalue weighted by Crippen LogP contribution is -2.43. The normalized spacial score (nSPS) is 17.8. The molecule has 7 nitrogen and oxygen atoms in total. The highest BCUT2D eigenvalue weighted by Crippen LogP contribution is 2.38. The SMILES string of the molecule is COc1ccc(C2=C(SCc3ccco3)C(=O)N(CCN3CCOCC3)C2=O)cc1. The number of benzene rings is 1. The van der Waals surface area contributed by atoms with Crippen LogP contribution in [0.1, 0.15) is 11.3 Å². The lowest BCUT2D eigenvalue weighted by Gasteiger charge is -2.28. The Hall–Kier alpha value is -2.55. The van der Waals surface area contributed by atoms with Gasteiger partial charge in [0.05, 0.1) is 42.8 Å². The van der Waals surface area contributed by atoms with Crippen LogP contribution in [0, 0.1) is 0 Å². The number of ether oxygens (including phenoxy) is 2. The second-order valence-corrected chi connectivity index (χ2v) is 8.00. The van der Waals surface area contributed by atoms with Gasteiger partial charge in [-0.15, -0.1) is 11.8 Å². The number of hydrogen-bond donors (Lipinski definition) is 0. The number of furan rings is 1. The van der Waals surface area contributed by atoms with Gasteiger partial charge in [-0.25, -0.2) is 0 Å². The van der Waals surface area contributed by atoms with Crippen molar-refractivity contribution < 1.29 is 23.5 Å². The molecule has 2 aliphatic heterocycles. The summed E-state index contributed by atoms with van der Waals surface area (Å²) in [6.07, 6.45) is 1.60. The Balaban J connectivity index is 1.56. The molecule has 1 aromatic heterocycles. The van der Waals surface area contributed by atoms with Crippen LogP contribution in [0.25, 0.3) is 5.57 Å². The van der Waals surface area contributed by atoms with Crippen LogP contribution in [0.4, 0.5) is 0 Å². The zero-order chi connectivity index (χ0) is 20.9. The predicted octanol–water partition coefficient (Wildman–Crippen LogP) is 2.63.